The Labute approximate surface area is 216 Å². The van der Waals surface area contributed by atoms with Gasteiger partial charge in [-0.2, -0.15) is 0 Å². The van der Waals surface area contributed by atoms with Crippen LogP contribution in [0.3, 0.4) is 0 Å². The van der Waals surface area contributed by atoms with Gasteiger partial charge in [0.15, 0.2) is 11.6 Å². The molecule has 0 atom stereocenters. The van der Waals surface area contributed by atoms with Crippen LogP contribution in [0.2, 0.25) is 0 Å². The first kappa shape index (κ1) is 26.6. The lowest BCUT2D eigenvalue weighted by Gasteiger charge is -2.27. The molecule has 0 saturated heterocycles. The summed E-state index contributed by atoms with van der Waals surface area (Å²) in [5.41, 5.74) is 4.32. The van der Waals surface area contributed by atoms with Gasteiger partial charge in [-0.25, -0.2) is 8.78 Å². The topological polar surface area (TPSA) is 0 Å². The Balaban J connectivity index is 1.34. The summed E-state index contributed by atoms with van der Waals surface area (Å²) in [6.07, 6.45) is 17.7. The number of unbranched alkanes of at least 4 members (excludes halogenated alkanes) is 3. The molecule has 1 fully saturated rings. The van der Waals surface area contributed by atoms with Crippen molar-refractivity contribution in [2.75, 3.05) is 0 Å². The van der Waals surface area contributed by atoms with E-state index in [4.69, 9.17) is 0 Å². The zero-order valence-electron chi connectivity index (χ0n) is 22.2. The largest absolute Gasteiger partial charge is 0.203 e. The minimum Gasteiger partial charge on any atom is -0.203 e. The quantitative estimate of drug-likeness (QED) is 0.186. The van der Waals surface area contributed by atoms with E-state index < -0.39 is 11.6 Å². The molecule has 1 saturated carbocycles. The van der Waals surface area contributed by atoms with Crippen molar-refractivity contribution in [2.45, 2.75) is 96.8 Å². The van der Waals surface area contributed by atoms with Gasteiger partial charge in [0.2, 0.25) is 0 Å². The first-order valence-electron chi connectivity index (χ1n) is 14.2. The Morgan fingerprint density at radius 2 is 1.47 bits per heavy atom. The van der Waals surface area contributed by atoms with E-state index >= 15 is 0 Å². The van der Waals surface area contributed by atoms with Crippen molar-refractivity contribution in [1.29, 1.82) is 0 Å². The van der Waals surface area contributed by atoms with Crippen LogP contribution in [0.4, 0.5) is 8.78 Å². The maximum atomic E-state index is 14.9. The predicted octanol–water partition coefficient (Wildman–Crippen LogP) is 10.3. The van der Waals surface area contributed by atoms with Gasteiger partial charge in [0.25, 0.3) is 0 Å². The summed E-state index contributed by atoms with van der Waals surface area (Å²) in [4.78, 5) is 0. The number of halogens is 2. The number of hydrogen-bond acceptors (Lipinski definition) is 0. The Hall–Kier alpha value is -2.48. The summed E-state index contributed by atoms with van der Waals surface area (Å²) in [6, 6.07) is 16.8. The molecule has 0 aliphatic heterocycles. The van der Waals surface area contributed by atoms with E-state index in [1.807, 2.05) is 18.2 Å². The fraction of sp³-hybridized carbons (Fsp3) is 0.471. The number of hydrogen-bond donors (Lipinski definition) is 0. The molecule has 4 rings (SSSR count). The second-order valence-corrected chi connectivity index (χ2v) is 10.7. The highest BCUT2D eigenvalue weighted by molar-refractivity contribution is 5.84. The molecule has 1 aliphatic rings. The number of aryl methyl sites for hydroxylation is 3. The van der Waals surface area contributed by atoms with Crippen molar-refractivity contribution in [3.63, 3.8) is 0 Å². The fourth-order valence-electron chi connectivity index (χ4n) is 5.68. The molecule has 0 aromatic heterocycles. The summed E-state index contributed by atoms with van der Waals surface area (Å²) in [7, 11) is 0. The van der Waals surface area contributed by atoms with Gasteiger partial charge >= 0.3 is 0 Å². The van der Waals surface area contributed by atoms with Crippen molar-refractivity contribution in [2.24, 2.45) is 5.92 Å². The molecule has 0 heterocycles. The molecular formula is C34H42F2. The molecule has 3 aromatic carbocycles. The van der Waals surface area contributed by atoms with Crippen LogP contribution in [0.1, 0.15) is 99.8 Å². The minimum atomic E-state index is -0.694. The van der Waals surface area contributed by atoms with Crippen molar-refractivity contribution in [1.82, 2.24) is 0 Å². The van der Waals surface area contributed by atoms with Crippen molar-refractivity contribution in [3.8, 4) is 0 Å². The molecule has 0 bridgehead atoms. The summed E-state index contributed by atoms with van der Waals surface area (Å²) in [6.45, 7) is 4.35. The van der Waals surface area contributed by atoms with E-state index in [-0.39, 0.29) is 0 Å². The van der Waals surface area contributed by atoms with E-state index in [0.29, 0.717) is 23.3 Å². The Kier molecular flexibility index (Phi) is 9.73. The van der Waals surface area contributed by atoms with Crippen LogP contribution in [0.5, 0.6) is 0 Å². The van der Waals surface area contributed by atoms with Crippen LogP contribution in [0, 0.1) is 17.6 Å². The van der Waals surface area contributed by atoms with Gasteiger partial charge in [-0.15, -0.1) is 0 Å². The Bertz CT molecular complexity index is 1130. The molecule has 0 spiro atoms. The van der Waals surface area contributed by atoms with Crippen molar-refractivity contribution >= 4 is 10.8 Å². The molecule has 0 N–H and O–H groups in total. The van der Waals surface area contributed by atoms with E-state index in [1.165, 1.54) is 49.7 Å². The third-order valence-electron chi connectivity index (χ3n) is 8.00. The molecule has 0 radical (unpaired) electrons. The second-order valence-electron chi connectivity index (χ2n) is 10.7. The molecule has 0 nitrogen and oxygen atoms in total. The highest BCUT2D eigenvalue weighted by Gasteiger charge is 2.20. The summed E-state index contributed by atoms with van der Waals surface area (Å²) in [5, 5.41) is 1.20. The predicted molar refractivity (Wildman–Crippen MR) is 150 cm³/mol. The second kappa shape index (κ2) is 13.2. The zero-order chi connectivity index (χ0) is 25.3. The van der Waals surface area contributed by atoms with Crippen molar-refractivity contribution < 1.29 is 8.78 Å². The number of allylic oxidation sites excluding steroid dienone is 2. The number of benzene rings is 3. The van der Waals surface area contributed by atoms with Gasteiger partial charge in [0.1, 0.15) is 0 Å². The van der Waals surface area contributed by atoms with Gasteiger partial charge in [0, 0.05) is 5.39 Å². The number of fused-ring (bicyclic) bond motifs is 1. The van der Waals surface area contributed by atoms with Gasteiger partial charge in [-0.1, -0.05) is 81.7 Å². The smallest absolute Gasteiger partial charge is 0.166 e. The molecule has 0 amide bonds. The fourth-order valence-corrected chi connectivity index (χ4v) is 5.68. The lowest BCUT2D eigenvalue weighted by atomic mass is 9.78. The lowest BCUT2D eigenvalue weighted by molar-refractivity contribution is 0.375. The van der Waals surface area contributed by atoms with E-state index in [0.717, 1.165) is 49.0 Å². The lowest BCUT2D eigenvalue weighted by Crippen LogP contribution is -2.11. The average Bonchev–Trinajstić information content (AvgIpc) is 2.91. The molecule has 36 heavy (non-hydrogen) atoms. The third kappa shape index (κ3) is 6.84. The van der Waals surface area contributed by atoms with Gasteiger partial charge in [0.05, 0.1) is 0 Å². The van der Waals surface area contributed by atoms with Crippen LogP contribution in [0.25, 0.3) is 10.8 Å². The van der Waals surface area contributed by atoms with Gasteiger partial charge in [-0.05, 0) is 109 Å². The normalized spacial score (nSPS) is 18.3. The minimum absolute atomic E-state index is 0.403. The Morgan fingerprint density at radius 1 is 0.750 bits per heavy atom. The third-order valence-corrected chi connectivity index (χ3v) is 8.00. The monoisotopic (exact) mass is 488 g/mol. The van der Waals surface area contributed by atoms with Crippen LogP contribution in [0.15, 0.2) is 60.7 Å². The van der Waals surface area contributed by atoms with Crippen molar-refractivity contribution in [3.05, 3.63) is 94.6 Å². The first-order chi connectivity index (χ1) is 17.6. The highest BCUT2D eigenvalue weighted by atomic mass is 19.2. The van der Waals surface area contributed by atoms with Crippen LogP contribution < -0.4 is 0 Å². The molecular weight excluding hydrogens is 446 g/mol. The van der Waals surface area contributed by atoms with Gasteiger partial charge in [-0.3, -0.25) is 0 Å². The molecule has 0 unspecified atom stereocenters. The highest BCUT2D eigenvalue weighted by Crippen LogP contribution is 2.36. The maximum absolute atomic E-state index is 14.9. The molecule has 1 aliphatic carbocycles. The maximum Gasteiger partial charge on any atom is 0.166 e. The number of rotatable bonds is 11. The standard InChI is InChI=1S/C34H42F2/c1-3-5-7-9-25-13-18-28(19-14-25)29-20-15-26(16-21-29)11-12-27-17-22-30-24-31(10-8-6-4-2)33(35)34(36)32(30)23-27/h7,9,15-17,20-25,28H,3-6,8,10-14,18-19H2,1-2H3/b9-7+. The zero-order valence-corrected chi connectivity index (χ0v) is 22.2. The van der Waals surface area contributed by atoms with Gasteiger partial charge < -0.3 is 0 Å². The van der Waals surface area contributed by atoms with E-state index in [2.05, 4.69) is 56.3 Å². The summed E-state index contributed by atoms with van der Waals surface area (Å²) < 4.78 is 29.5. The van der Waals surface area contributed by atoms with Crippen LogP contribution >= 0.6 is 0 Å². The Morgan fingerprint density at radius 3 is 2.19 bits per heavy atom. The van der Waals surface area contributed by atoms with Crippen LogP contribution in [-0.2, 0) is 19.3 Å². The van der Waals surface area contributed by atoms with E-state index in [1.54, 1.807) is 0 Å². The average molecular weight is 489 g/mol. The summed E-state index contributed by atoms with van der Waals surface area (Å²) in [5.74, 6) is 0.0817. The molecule has 2 heteroatoms. The van der Waals surface area contributed by atoms with E-state index in [9.17, 15) is 8.78 Å². The summed E-state index contributed by atoms with van der Waals surface area (Å²) >= 11 is 0. The first-order valence-corrected chi connectivity index (χ1v) is 14.2. The SMILES string of the molecule is CCC/C=C/C1CCC(c2ccc(CCc3ccc4cc(CCCCC)c(F)c(F)c4c3)cc2)CC1. The van der Waals surface area contributed by atoms with Crippen LogP contribution in [-0.4, -0.2) is 0 Å². The molecule has 192 valence electrons. The molecule has 3 aromatic rings.